The minimum atomic E-state index is -0.00553. The van der Waals surface area contributed by atoms with Crippen molar-refractivity contribution < 1.29 is 4.79 Å². The van der Waals surface area contributed by atoms with Gasteiger partial charge in [-0.15, -0.1) is 0 Å². The average Bonchev–Trinajstić information content (AvgIpc) is 2.41. The van der Waals surface area contributed by atoms with Crippen LogP contribution in [0.25, 0.3) is 0 Å². The first kappa shape index (κ1) is 11.1. The molecule has 0 aliphatic rings. The van der Waals surface area contributed by atoms with Crippen LogP contribution in [0, 0.1) is 0 Å². The highest BCUT2D eigenvalue weighted by Crippen LogP contribution is 2.05. The van der Waals surface area contributed by atoms with E-state index < -0.39 is 0 Å². The molecule has 84 valence electrons. The van der Waals surface area contributed by atoms with Gasteiger partial charge in [-0.2, -0.15) is 0 Å². The molecule has 0 radical (unpaired) electrons. The van der Waals surface area contributed by atoms with E-state index in [4.69, 9.17) is 0 Å². The van der Waals surface area contributed by atoms with Crippen molar-refractivity contribution in [3.63, 3.8) is 0 Å². The fraction of sp³-hybridized carbons (Fsp3) is 0. The van der Waals surface area contributed by atoms with Crippen molar-refractivity contribution in [1.29, 1.82) is 0 Å². The summed E-state index contributed by atoms with van der Waals surface area (Å²) < 4.78 is 0. The normalized spacial score (nSPS) is 10.4. The summed E-state index contributed by atoms with van der Waals surface area (Å²) in [5, 5.41) is 3.04. The van der Waals surface area contributed by atoms with Crippen molar-refractivity contribution in [2.24, 2.45) is 0 Å². The van der Waals surface area contributed by atoms with Gasteiger partial charge in [-0.05, 0) is 12.1 Å². The van der Waals surface area contributed by atoms with E-state index in [1.54, 1.807) is 18.3 Å². The highest BCUT2D eigenvalue weighted by atomic mass is 16.1. The van der Waals surface area contributed by atoms with Gasteiger partial charge in [-0.25, -0.2) is 0 Å². The van der Waals surface area contributed by atoms with Crippen molar-refractivity contribution in [2.45, 2.75) is 0 Å². The Labute approximate surface area is 101 Å². The van der Waals surface area contributed by atoms with Crippen LogP contribution in [-0.2, 0) is 0 Å². The molecule has 0 saturated heterocycles. The van der Waals surface area contributed by atoms with E-state index in [1.807, 2.05) is 48.5 Å². The lowest BCUT2D eigenvalue weighted by molar-refractivity contribution is 0.104. The lowest BCUT2D eigenvalue weighted by Gasteiger charge is -1.98. The molecule has 0 aliphatic heterocycles. The molecule has 2 aromatic carbocycles. The van der Waals surface area contributed by atoms with E-state index in [2.05, 4.69) is 5.32 Å². The number of ketones is 1. The Bertz CT molecular complexity index is 503. The first-order valence-electron chi connectivity index (χ1n) is 5.44. The number of benzene rings is 2. The van der Waals surface area contributed by atoms with Crippen molar-refractivity contribution >= 4 is 11.5 Å². The molecule has 0 fully saturated rings. The second-order valence-electron chi connectivity index (χ2n) is 3.57. The van der Waals surface area contributed by atoms with Gasteiger partial charge in [0.15, 0.2) is 5.78 Å². The highest BCUT2D eigenvalue weighted by molar-refractivity contribution is 6.04. The summed E-state index contributed by atoms with van der Waals surface area (Å²) in [6, 6.07) is 18.9. The van der Waals surface area contributed by atoms with Crippen molar-refractivity contribution in [1.82, 2.24) is 0 Å². The molecule has 0 aromatic heterocycles. The van der Waals surface area contributed by atoms with Crippen molar-refractivity contribution in [3.05, 3.63) is 78.5 Å². The zero-order chi connectivity index (χ0) is 11.9. The number of para-hydroxylation sites is 1. The Morgan fingerprint density at radius 1 is 0.882 bits per heavy atom. The standard InChI is InChI=1S/C15H13NO/c17-15(13-7-3-1-4-8-13)11-12-16-14-9-5-2-6-10-14/h1-12,16H. The minimum absolute atomic E-state index is 0.00553. The van der Waals surface area contributed by atoms with Crippen LogP contribution in [0.4, 0.5) is 5.69 Å². The predicted octanol–water partition coefficient (Wildman–Crippen LogP) is 3.50. The lowest BCUT2D eigenvalue weighted by Crippen LogP contribution is -1.95. The molecule has 0 heterocycles. The smallest absolute Gasteiger partial charge is 0.187 e. The Morgan fingerprint density at radius 2 is 1.47 bits per heavy atom. The van der Waals surface area contributed by atoms with E-state index in [-0.39, 0.29) is 5.78 Å². The van der Waals surface area contributed by atoms with E-state index in [1.165, 1.54) is 6.08 Å². The summed E-state index contributed by atoms with van der Waals surface area (Å²) in [7, 11) is 0. The van der Waals surface area contributed by atoms with Crippen molar-refractivity contribution in [3.8, 4) is 0 Å². The summed E-state index contributed by atoms with van der Waals surface area (Å²) in [6.07, 6.45) is 3.19. The van der Waals surface area contributed by atoms with E-state index >= 15 is 0 Å². The van der Waals surface area contributed by atoms with Gasteiger partial charge >= 0.3 is 0 Å². The van der Waals surface area contributed by atoms with Gasteiger partial charge in [0.1, 0.15) is 0 Å². The summed E-state index contributed by atoms with van der Waals surface area (Å²) in [4.78, 5) is 11.7. The molecule has 2 rings (SSSR count). The van der Waals surface area contributed by atoms with Crippen LogP contribution in [0.3, 0.4) is 0 Å². The molecule has 0 atom stereocenters. The molecule has 2 aromatic rings. The van der Waals surface area contributed by atoms with Crippen LogP contribution in [0.2, 0.25) is 0 Å². The predicted molar refractivity (Wildman–Crippen MR) is 70.0 cm³/mol. The molecule has 0 bridgehead atoms. The van der Waals surface area contributed by atoms with Crippen LogP contribution < -0.4 is 5.32 Å². The summed E-state index contributed by atoms with van der Waals surface area (Å²) in [6.45, 7) is 0. The maximum Gasteiger partial charge on any atom is 0.187 e. The number of rotatable bonds is 4. The van der Waals surface area contributed by atoms with Crippen LogP contribution >= 0.6 is 0 Å². The zero-order valence-corrected chi connectivity index (χ0v) is 9.34. The highest BCUT2D eigenvalue weighted by Gasteiger charge is 1.98. The summed E-state index contributed by atoms with van der Waals surface area (Å²) >= 11 is 0. The molecule has 0 saturated carbocycles. The lowest BCUT2D eigenvalue weighted by atomic mass is 10.1. The number of hydrogen-bond donors (Lipinski definition) is 1. The molecular weight excluding hydrogens is 210 g/mol. The monoisotopic (exact) mass is 223 g/mol. The molecule has 0 amide bonds. The second kappa shape index (κ2) is 5.66. The third-order valence-corrected chi connectivity index (χ3v) is 2.32. The van der Waals surface area contributed by atoms with Crippen molar-refractivity contribution in [2.75, 3.05) is 5.32 Å². The number of anilines is 1. The number of carbonyl (C=O) groups is 1. The molecule has 0 spiro atoms. The zero-order valence-electron chi connectivity index (χ0n) is 9.34. The van der Waals surface area contributed by atoms with E-state index in [9.17, 15) is 4.79 Å². The van der Waals surface area contributed by atoms with Crippen LogP contribution in [0.5, 0.6) is 0 Å². The molecule has 2 nitrogen and oxygen atoms in total. The average molecular weight is 223 g/mol. The van der Waals surface area contributed by atoms with Crippen LogP contribution in [-0.4, -0.2) is 5.78 Å². The maximum absolute atomic E-state index is 11.7. The summed E-state index contributed by atoms with van der Waals surface area (Å²) in [5.74, 6) is -0.00553. The first-order valence-corrected chi connectivity index (χ1v) is 5.44. The van der Waals surface area contributed by atoms with Crippen LogP contribution in [0.1, 0.15) is 10.4 Å². The number of hydrogen-bond acceptors (Lipinski definition) is 2. The largest absolute Gasteiger partial charge is 0.362 e. The molecule has 0 aliphatic carbocycles. The van der Waals surface area contributed by atoms with Gasteiger partial charge < -0.3 is 5.32 Å². The number of nitrogens with one attached hydrogen (secondary N) is 1. The van der Waals surface area contributed by atoms with Gasteiger partial charge in [-0.1, -0.05) is 48.5 Å². The Kier molecular flexibility index (Phi) is 3.71. The molecule has 17 heavy (non-hydrogen) atoms. The van der Waals surface area contributed by atoms with E-state index in [0.717, 1.165) is 5.69 Å². The third-order valence-electron chi connectivity index (χ3n) is 2.32. The van der Waals surface area contributed by atoms with Gasteiger partial charge in [0.25, 0.3) is 0 Å². The second-order valence-corrected chi connectivity index (χ2v) is 3.57. The maximum atomic E-state index is 11.7. The first-order chi connectivity index (χ1) is 8.36. The molecule has 0 unspecified atom stereocenters. The SMILES string of the molecule is O=C(C=CNc1ccccc1)c1ccccc1. The van der Waals surface area contributed by atoms with E-state index in [0.29, 0.717) is 5.56 Å². The van der Waals surface area contributed by atoms with Gasteiger partial charge in [-0.3, -0.25) is 4.79 Å². The van der Waals surface area contributed by atoms with Gasteiger partial charge in [0.2, 0.25) is 0 Å². The Morgan fingerprint density at radius 3 is 2.12 bits per heavy atom. The Hall–Kier alpha value is -2.35. The fourth-order valence-electron chi connectivity index (χ4n) is 1.45. The Balaban J connectivity index is 1.96. The number of carbonyl (C=O) groups excluding carboxylic acids is 1. The quantitative estimate of drug-likeness (QED) is 0.635. The molecular formula is C15H13NO. The minimum Gasteiger partial charge on any atom is -0.362 e. The number of allylic oxidation sites excluding steroid dienone is 1. The van der Waals surface area contributed by atoms with Gasteiger partial charge in [0, 0.05) is 23.5 Å². The third kappa shape index (κ3) is 3.31. The fourth-order valence-corrected chi connectivity index (χ4v) is 1.45. The van der Waals surface area contributed by atoms with Gasteiger partial charge in [0.05, 0.1) is 0 Å². The topological polar surface area (TPSA) is 29.1 Å². The molecule has 2 heteroatoms. The molecule has 1 N–H and O–H groups in total. The summed E-state index contributed by atoms with van der Waals surface area (Å²) in [5.41, 5.74) is 1.66. The van der Waals surface area contributed by atoms with Crippen LogP contribution in [0.15, 0.2) is 72.9 Å².